The Morgan fingerprint density at radius 1 is 1.30 bits per heavy atom. The third-order valence-corrected chi connectivity index (χ3v) is 2.96. The van der Waals surface area contributed by atoms with Gasteiger partial charge >= 0.3 is 6.03 Å². The molecule has 0 aliphatic carbocycles. The van der Waals surface area contributed by atoms with E-state index < -0.39 is 0 Å². The van der Waals surface area contributed by atoms with Gasteiger partial charge in [-0.25, -0.2) is 9.78 Å². The van der Waals surface area contributed by atoms with Crippen LogP contribution < -0.4 is 16.0 Å². The van der Waals surface area contributed by atoms with Gasteiger partial charge in [-0.05, 0) is 22.4 Å². The first kappa shape index (κ1) is 16.5. The molecule has 1 heterocycles. The van der Waals surface area contributed by atoms with Crippen LogP contribution in [0.15, 0.2) is 10.7 Å². The molecule has 7 nitrogen and oxygen atoms in total. The van der Waals surface area contributed by atoms with Crippen molar-refractivity contribution in [3.05, 3.63) is 10.7 Å². The van der Waals surface area contributed by atoms with E-state index in [0.717, 1.165) is 17.4 Å². The number of amides is 2. The Labute approximate surface area is 127 Å². The van der Waals surface area contributed by atoms with Gasteiger partial charge in [-0.3, -0.25) is 0 Å². The molecule has 20 heavy (non-hydrogen) atoms. The lowest BCUT2D eigenvalue weighted by atomic mass is 10.5. The number of nitrogens with one attached hydrogen (secondary N) is 3. The average Bonchev–Trinajstić information content (AvgIpc) is 2.43. The number of carbonyl (C=O) groups excluding carboxylic acids is 1. The van der Waals surface area contributed by atoms with Crippen molar-refractivity contribution in [3.63, 3.8) is 0 Å². The number of halogens is 1. The molecule has 0 saturated carbocycles. The van der Waals surface area contributed by atoms with Crippen LogP contribution in [0.2, 0.25) is 0 Å². The highest BCUT2D eigenvalue weighted by Gasteiger charge is 2.05. The smallest absolute Gasteiger partial charge is 0.316 e. The molecule has 8 heteroatoms. The van der Waals surface area contributed by atoms with Gasteiger partial charge in [0, 0.05) is 39.9 Å². The van der Waals surface area contributed by atoms with Crippen molar-refractivity contribution >= 4 is 33.7 Å². The number of urea groups is 1. The molecule has 0 unspecified atom stereocenters. The van der Waals surface area contributed by atoms with Crippen molar-refractivity contribution in [2.45, 2.75) is 13.3 Å². The van der Waals surface area contributed by atoms with E-state index in [4.69, 9.17) is 0 Å². The van der Waals surface area contributed by atoms with Crippen molar-refractivity contribution in [1.82, 2.24) is 20.2 Å². The molecule has 3 N–H and O–H groups in total. The zero-order valence-electron chi connectivity index (χ0n) is 12.0. The van der Waals surface area contributed by atoms with E-state index >= 15 is 0 Å². The Bertz CT molecular complexity index is 440. The second-order valence-electron chi connectivity index (χ2n) is 4.37. The van der Waals surface area contributed by atoms with E-state index in [-0.39, 0.29) is 6.03 Å². The molecule has 0 radical (unpaired) electrons. The standard InChI is InChI=1S/C12H21BrN6O/c1-4-5-15-11-17-8-9(13)10(18-11)14-6-7-16-12(20)19(2)3/h8H,4-7H2,1-3H3,(H,16,20)(H2,14,15,17,18). The van der Waals surface area contributed by atoms with E-state index in [0.29, 0.717) is 24.9 Å². The summed E-state index contributed by atoms with van der Waals surface area (Å²) >= 11 is 3.39. The summed E-state index contributed by atoms with van der Waals surface area (Å²) in [7, 11) is 3.41. The van der Waals surface area contributed by atoms with Crippen molar-refractivity contribution in [3.8, 4) is 0 Å². The van der Waals surface area contributed by atoms with Crippen LogP contribution in [0.25, 0.3) is 0 Å². The third-order valence-electron chi connectivity index (χ3n) is 2.38. The molecular weight excluding hydrogens is 324 g/mol. The molecule has 1 aromatic rings. The zero-order chi connectivity index (χ0) is 15.0. The van der Waals surface area contributed by atoms with E-state index in [2.05, 4.69) is 48.8 Å². The van der Waals surface area contributed by atoms with Gasteiger partial charge in [-0.2, -0.15) is 4.98 Å². The molecule has 1 rings (SSSR count). The van der Waals surface area contributed by atoms with Gasteiger partial charge in [0.25, 0.3) is 0 Å². The number of anilines is 2. The molecule has 1 aromatic heterocycles. The Morgan fingerprint density at radius 2 is 2.05 bits per heavy atom. The maximum Gasteiger partial charge on any atom is 0.316 e. The highest BCUT2D eigenvalue weighted by molar-refractivity contribution is 9.10. The van der Waals surface area contributed by atoms with Gasteiger partial charge in [0.05, 0.1) is 4.47 Å². The molecule has 0 aromatic carbocycles. The van der Waals surface area contributed by atoms with Crippen LogP contribution in [-0.4, -0.2) is 54.6 Å². The lowest BCUT2D eigenvalue weighted by Gasteiger charge is -2.13. The summed E-state index contributed by atoms with van der Waals surface area (Å²) in [4.78, 5) is 21.4. The molecule has 0 saturated heterocycles. The first-order valence-electron chi connectivity index (χ1n) is 6.50. The summed E-state index contributed by atoms with van der Waals surface area (Å²) < 4.78 is 0.790. The SMILES string of the molecule is CCCNc1ncc(Br)c(NCCNC(=O)N(C)C)n1. The van der Waals surface area contributed by atoms with Crippen LogP contribution in [0, 0.1) is 0 Å². The highest BCUT2D eigenvalue weighted by Crippen LogP contribution is 2.19. The maximum atomic E-state index is 11.3. The number of nitrogens with zero attached hydrogens (tertiary/aromatic N) is 3. The number of aromatic nitrogens is 2. The van der Waals surface area contributed by atoms with Gasteiger partial charge in [0.2, 0.25) is 5.95 Å². The molecular formula is C12H21BrN6O. The zero-order valence-corrected chi connectivity index (χ0v) is 13.6. The quantitative estimate of drug-likeness (QED) is 0.656. The first-order chi connectivity index (χ1) is 9.54. The van der Waals surface area contributed by atoms with Crippen molar-refractivity contribution < 1.29 is 4.79 Å². The van der Waals surface area contributed by atoms with Gasteiger partial charge in [0.15, 0.2) is 0 Å². The van der Waals surface area contributed by atoms with Crippen LogP contribution in [0.5, 0.6) is 0 Å². The number of carbonyl (C=O) groups is 1. The largest absolute Gasteiger partial charge is 0.367 e. The Balaban J connectivity index is 2.44. The minimum absolute atomic E-state index is 0.112. The van der Waals surface area contributed by atoms with Gasteiger partial charge in [0.1, 0.15) is 5.82 Å². The highest BCUT2D eigenvalue weighted by atomic mass is 79.9. The Hall–Kier alpha value is -1.57. The van der Waals surface area contributed by atoms with Crippen molar-refractivity contribution in [1.29, 1.82) is 0 Å². The van der Waals surface area contributed by atoms with Crippen LogP contribution in [-0.2, 0) is 0 Å². The summed E-state index contributed by atoms with van der Waals surface area (Å²) in [5.74, 6) is 1.30. The van der Waals surface area contributed by atoms with E-state index in [1.54, 1.807) is 20.3 Å². The third kappa shape index (κ3) is 5.60. The normalized spacial score (nSPS) is 10.0. The number of rotatable bonds is 7. The van der Waals surface area contributed by atoms with E-state index in [1.165, 1.54) is 4.90 Å². The second kappa shape index (κ2) is 8.57. The van der Waals surface area contributed by atoms with Gasteiger partial charge in [-0.1, -0.05) is 6.92 Å². The van der Waals surface area contributed by atoms with Crippen LogP contribution in [0.1, 0.15) is 13.3 Å². The predicted molar refractivity (Wildman–Crippen MR) is 84.1 cm³/mol. The fraction of sp³-hybridized carbons (Fsp3) is 0.583. The molecule has 0 spiro atoms. The molecule has 2 amide bonds. The summed E-state index contributed by atoms with van der Waals surface area (Å²) in [6, 6.07) is -0.112. The Kier molecular flexibility index (Phi) is 7.06. The minimum Gasteiger partial charge on any atom is -0.367 e. The summed E-state index contributed by atoms with van der Waals surface area (Å²) in [6.45, 7) is 4.02. The molecule has 0 atom stereocenters. The lowest BCUT2D eigenvalue weighted by Crippen LogP contribution is -2.37. The topological polar surface area (TPSA) is 82.2 Å². The lowest BCUT2D eigenvalue weighted by molar-refractivity contribution is 0.218. The van der Waals surface area contributed by atoms with E-state index in [9.17, 15) is 4.79 Å². The van der Waals surface area contributed by atoms with Crippen LogP contribution >= 0.6 is 15.9 Å². The fourth-order valence-electron chi connectivity index (χ4n) is 1.32. The average molecular weight is 345 g/mol. The van der Waals surface area contributed by atoms with Gasteiger partial charge < -0.3 is 20.9 Å². The Morgan fingerprint density at radius 3 is 2.70 bits per heavy atom. The van der Waals surface area contributed by atoms with Crippen LogP contribution in [0.4, 0.5) is 16.6 Å². The maximum absolute atomic E-state index is 11.3. The predicted octanol–water partition coefficient (Wildman–Crippen LogP) is 1.74. The molecule has 0 bridgehead atoms. The van der Waals surface area contributed by atoms with E-state index in [1.807, 2.05) is 0 Å². The number of hydrogen-bond acceptors (Lipinski definition) is 5. The summed E-state index contributed by atoms with van der Waals surface area (Å²) in [5, 5.41) is 9.05. The minimum atomic E-state index is -0.112. The molecule has 0 aliphatic heterocycles. The summed E-state index contributed by atoms with van der Waals surface area (Å²) in [5.41, 5.74) is 0. The second-order valence-corrected chi connectivity index (χ2v) is 5.22. The monoisotopic (exact) mass is 344 g/mol. The molecule has 0 aliphatic rings. The fourth-order valence-corrected chi connectivity index (χ4v) is 1.65. The molecule has 112 valence electrons. The van der Waals surface area contributed by atoms with Gasteiger partial charge in [-0.15, -0.1) is 0 Å². The summed E-state index contributed by atoms with van der Waals surface area (Å²) in [6.07, 6.45) is 2.71. The first-order valence-corrected chi connectivity index (χ1v) is 7.29. The van der Waals surface area contributed by atoms with Crippen LogP contribution in [0.3, 0.4) is 0 Å². The molecule has 0 fully saturated rings. The van der Waals surface area contributed by atoms with Crippen molar-refractivity contribution in [2.75, 3.05) is 44.4 Å². The van der Waals surface area contributed by atoms with Crippen molar-refractivity contribution in [2.24, 2.45) is 0 Å². The number of hydrogen-bond donors (Lipinski definition) is 3.